The third kappa shape index (κ3) is 5.89. The normalized spacial score (nSPS) is 14.9. The van der Waals surface area contributed by atoms with Crippen LogP contribution in [0.25, 0.3) is 0 Å². The molecule has 4 bridgehead atoms. The van der Waals surface area contributed by atoms with Crippen LogP contribution in [-0.2, 0) is 46.1 Å². The van der Waals surface area contributed by atoms with Gasteiger partial charge in [0.15, 0.2) is 0 Å². The van der Waals surface area contributed by atoms with Crippen molar-refractivity contribution in [2.75, 3.05) is 13.7 Å². The van der Waals surface area contributed by atoms with Crippen LogP contribution in [0.1, 0.15) is 88.3 Å². The topological polar surface area (TPSA) is 52.6 Å². The van der Waals surface area contributed by atoms with Gasteiger partial charge in [0.2, 0.25) is 0 Å². The second-order valence-electron chi connectivity index (χ2n) is 11.6. The Labute approximate surface area is 205 Å². The van der Waals surface area contributed by atoms with Crippen molar-refractivity contribution < 1.29 is 19.1 Å². The summed E-state index contributed by atoms with van der Waals surface area (Å²) < 4.78 is 11.9. The highest BCUT2D eigenvalue weighted by molar-refractivity contribution is 5.88. The number of ether oxygens (including phenoxy) is 2. The number of fused-ring (bicyclic) bond motifs is 4. The van der Waals surface area contributed by atoms with E-state index in [9.17, 15) is 9.59 Å². The van der Waals surface area contributed by atoms with Gasteiger partial charge in [-0.3, -0.25) is 9.59 Å². The summed E-state index contributed by atoms with van der Waals surface area (Å²) in [6, 6.07) is 8.33. The molecule has 2 aromatic carbocycles. The Hall–Kier alpha value is -2.62. The molecule has 0 atom stereocenters. The molecule has 0 saturated carbocycles. The van der Waals surface area contributed by atoms with Crippen LogP contribution in [-0.4, -0.2) is 25.3 Å². The molecule has 0 N–H and O–H groups in total. The second-order valence-corrected chi connectivity index (χ2v) is 11.6. The molecular formula is C30H40O4. The van der Waals surface area contributed by atoms with Crippen LogP contribution in [0.3, 0.4) is 0 Å². The van der Waals surface area contributed by atoms with Crippen LogP contribution in [0.15, 0.2) is 24.3 Å². The van der Waals surface area contributed by atoms with E-state index in [1.807, 2.05) is 0 Å². The third-order valence-corrected chi connectivity index (χ3v) is 6.42. The van der Waals surface area contributed by atoms with Gasteiger partial charge < -0.3 is 9.47 Å². The molecule has 0 saturated heterocycles. The van der Waals surface area contributed by atoms with Crippen LogP contribution in [0.4, 0.5) is 0 Å². The van der Waals surface area contributed by atoms with Gasteiger partial charge in [0.05, 0.1) is 13.7 Å². The molecular weight excluding hydrogens is 424 g/mol. The van der Waals surface area contributed by atoms with Crippen LogP contribution < -0.4 is 9.47 Å². The first-order valence-corrected chi connectivity index (χ1v) is 12.4. The zero-order valence-electron chi connectivity index (χ0n) is 22.2. The summed E-state index contributed by atoms with van der Waals surface area (Å²) >= 11 is 0. The van der Waals surface area contributed by atoms with Crippen LogP contribution in [0, 0.1) is 0 Å². The average Bonchev–Trinajstić information content (AvgIpc) is 2.70. The number of carbonyl (C=O) groups excluding carboxylic acids is 2. The molecule has 184 valence electrons. The molecule has 34 heavy (non-hydrogen) atoms. The van der Waals surface area contributed by atoms with Crippen molar-refractivity contribution in [3.8, 4) is 11.5 Å². The minimum Gasteiger partial charge on any atom is -0.496 e. The van der Waals surface area contributed by atoms with Gasteiger partial charge in [0.1, 0.15) is 23.1 Å². The fraction of sp³-hybridized carbons (Fsp3) is 0.533. The van der Waals surface area contributed by atoms with Gasteiger partial charge in [-0.25, -0.2) is 0 Å². The molecule has 0 aliphatic heterocycles. The van der Waals surface area contributed by atoms with Gasteiger partial charge in [-0.15, -0.1) is 0 Å². The molecule has 4 heteroatoms. The van der Waals surface area contributed by atoms with E-state index in [0.29, 0.717) is 18.1 Å². The smallest absolute Gasteiger partial charge is 0.141 e. The average molecular weight is 465 g/mol. The fourth-order valence-electron chi connectivity index (χ4n) is 4.53. The number of hydrogen-bond acceptors (Lipinski definition) is 4. The molecule has 0 amide bonds. The van der Waals surface area contributed by atoms with Gasteiger partial charge in [0, 0.05) is 47.9 Å². The van der Waals surface area contributed by atoms with Crippen molar-refractivity contribution in [1.82, 2.24) is 0 Å². The SMILES string of the molecule is CCCOc1c2cc(C(C)(C)C)cc1CC(=O)Cc1cc(C(C)(C)C)cc(c1OC)CC(=O)C2. The molecule has 3 rings (SSSR count). The fourth-order valence-corrected chi connectivity index (χ4v) is 4.53. The first kappa shape index (κ1) is 26.0. The van der Waals surface area contributed by atoms with E-state index < -0.39 is 0 Å². The maximum Gasteiger partial charge on any atom is 0.141 e. The molecule has 2 aromatic rings. The summed E-state index contributed by atoms with van der Waals surface area (Å²) in [6.45, 7) is 15.5. The number of hydrogen-bond donors (Lipinski definition) is 0. The van der Waals surface area contributed by atoms with Crippen molar-refractivity contribution in [2.45, 2.75) is 91.4 Å². The van der Waals surface area contributed by atoms with Gasteiger partial charge in [-0.2, -0.15) is 0 Å². The van der Waals surface area contributed by atoms with Gasteiger partial charge in [-0.1, -0.05) is 72.7 Å². The standard InChI is InChI=1S/C30H40O4/c1-9-10-34-28-21-13-24(30(5,6)7)14-22(28)18-26(32)16-20-12-23(29(2,3)4)11-19(27(20)33-8)15-25(31)17-21/h11-14H,9-10,15-18H2,1-8H3. The van der Waals surface area contributed by atoms with Crippen LogP contribution in [0.5, 0.6) is 11.5 Å². The predicted molar refractivity (Wildman–Crippen MR) is 137 cm³/mol. The number of Topliss-reactive ketones (excluding diaryl/α,β-unsaturated/α-hetero) is 2. The summed E-state index contributed by atoms with van der Waals surface area (Å²) in [4.78, 5) is 26.8. The summed E-state index contributed by atoms with van der Waals surface area (Å²) in [7, 11) is 1.62. The highest BCUT2D eigenvalue weighted by Crippen LogP contribution is 2.36. The number of methoxy groups -OCH3 is 1. The Balaban J connectivity index is 2.20. The predicted octanol–water partition coefficient (Wildman–Crippen LogP) is 6.10. The number of rotatable bonds is 4. The maximum absolute atomic E-state index is 13.4. The highest BCUT2D eigenvalue weighted by Gasteiger charge is 2.26. The van der Waals surface area contributed by atoms with Crippen molar-refractivity contribution in [3.05, 3.63) is 57.6 Å². The lowest BCUT2D eigenvalue weighted by molar-refractivity contribution is -0.118. The Kier molecular flexibility index (Phi) is 7.59. The summed E-state index contributed by atoms with van der Waals surface area (Å²) in [6.07, 6.45) is 1.91. The molecule has 0 fully saturated rings. The van der Waals surface area contributed by atoms with Crippen molar-refractivity contribution in [1.29, 1.82) is 0 Å². The summed E-state index contributed by atoms with van der Waals surface area (Å²) in [5, 5.41) is 0. The van der Waals surface area contributed by atoms with E-state index in [-0.39, 0.29) is 48.1 Å². The Morgan fingerprint density at radius 1 is 0.676 bits per heavy atom. The van der Waals surface area contributed by atoms with E-state index in [2.05, 4.69) is 72.7 Å². The molecule has 0 heterocycles. The van der Waals surface area contributed by atoms with Gasteiger partial charge >= 0.3 is 0 Å². The Morgan fingerprint density at radius 3 is 1.32 bits per heavy atom. The van der Waals surface area contributed by atoms with Crippen molar-refractivity contribution in [3.63, 3.8) is 0 Å². The van der Waals surface area contributed by atoms with Gasteiger partial charge in [-0.05, 0) is 28.4 Å². The minimum atomic E-state index is -0.106. The highest BCUT2D eigenvalue weighted by atomic mass is 16.5. The molecule has 4 nitrogen and oxygen atoms in total. The van der Waals surface area contributed by atoms with E-state index >= 15 is 0 Å². The maximum atomic E-state index is 13.4. The van der Waals surface area contributed by atoms with Crippen LogP contribution in [0.2, 0.25) is 0 Å². The minimum absolute atomic E-state index is 0.105. The third-order valence-electron chi connectivity index (χ3n) is 6.42. The van der Waals surface area contributed by atoms with Gasteiger partial charge in [0.25, 0.3) is 0 Å². The van der Waals surface area contributed by atoms with Crippen LogP contribution >= 0.6 is 0 Å². The molecule has 0 unspecified atom stereocenters. The Bertz CT molecular complexity index is 1020. The molecule has 0 spiro atoms. The molecule has 1 aliphatic rings. The number of benzene rings is 2. The van der Waals surface area contributed by atoms with Crippen molar-refractivity contribution in [2.24, 2.45) is 0 Å². The van der Waals surface area contributed by atoms with E-state index in [1.165, 1.54) is 0 Å². The first-order chi connectivity index (χ1) is 15.8. The number of carbonyl (C=O) groups is 2. The molecule has 1 aliphatic carbocycles. The lowest BCUT2D eigenvalue weighted by atomic mass is 9.81. The monoisotopic (exact) mass is 464 g/mol. The summed E-state index contributed by atoms with van der Waals surface area (Å²) in [5.41, 5.74) is 5.47. The largest absolute Gasteiger partial charge is 0.496 e. The van der Waals surface area contributed by atoms with E-state index in [4.69, 9.17) is 9.47 Å². The Morgan fingerprint density at radius 2 is 1.03 bits per heavy atom. The number of ketones is 2. The second kappa shape index (κ2) is 9.93. The zero-order valence-corrected chi connectivity index (χ0v) is 22.2. The van der Waals surface area contributed by atoms with Crippen molar-refractivity contribution >= 4 is 11.6 Å². The zero-order chi connectivity index (χ0) is 25.3. The van der Waals surface area contributed by atoms with E-state index in [1.54, 1.807) is 7.11 Å². The lowest BCUT2D eigenvalue weighted by Crippen LogP contribution is -2.20. The first-order valence-electron chi connectivity index (χ1n) is 12.4. The van der Waals surface area contributed by atoms with E-state index in [0.717, 1.165) is 39.8 Å². The molecule has 0 aromatic heterocycles. The summed E-state index contributed by atoms with van der Waals surface area (Å²) in [5.74, 6) is 1.60. The molecule has 0 radical (unpaired) electrons. The lowest BCUT2D eigenvalue weighted by Gasteiger charge is -2.26. The quantitative estimate of drug-likeness (QED) is 0.548.